The molecule has 0 saturated heterocycles. The van der Waals surface area contributed by atoms with Crippen molar-refractivity contribution in [1.82, 2.24) is 8.28 Å². The number of benzene rings is 4. The standard InChI is InChI=1S/C30H26N2O4S2/c1-21-11-15-25(16-12-21)37(33,34)31-19-24-9-6-10-28-29(24)27(20-31)30(23-7-4-3-5-8-23)32(28)38(35,36)26-17-13-22(2)14-18-26/h3-18H,19-20H2,1-2H3. The van der Waals surface area contributed by atoms with Gasteiger partial charge in [-0.3, -0.25) is 0 Å². The van der Waals surface area contributed by atoms with Crippen molar-refractivity contribution in [2.75, 3.05) is 0 Å². The number of nitrogens with zero attached hydrogens (tertiary/aromatic N) is 2. The van der Waals surface area contributed by atoms with E-state index in [1.165, 1.54) is 8.28 Å². The molecule has 4 aromatic carbocycles. The Hall–Kier alpha value is -3.72. The summed E-state index contributed by atoms with van der Waals surface area (Å²) in [7, 11) is -7.83. The summed E-state index contributed by atoms with van der Waals surface area (Å²) in [5, 5.41) is 0.789. The van der Waals surface area contributed by atoms with E-state index in [1.807, 2.05) is 50.2 Å². The summed E-state index contributed by atoms with van der Waals surface area (Å²) in [6.07, 6.45) is 0. The monoisotopic (exact) mass is 542 g/mol. The molecule has 2 heterocycles. The van der Waals surface area contributed by atoms with Gasteiger partial charge in [0.1, 0.15) is 0 Å². The van der Waals surface area contributed by atoms with Crippen molar-refractivity contribution in [3.63, 3.8) is 0 Å². The fraction of sp³-hybridized carbons (Fsp3) is 0.133. The van der Waals surface area contributed by atoms with Gasteiger partial charge in [-0.25, -0.2) is 20.8 Å². The van der Waals surface area contributed by atoms with E-state index in [2.05, 4.69) is 0 Å². The molecule has 0 radical (unpaired) electrons. The fourth-order valence-electron chi connectivity index (χ4n) is 5.16. The second-order valence-electron chi connectivity index (χ2n) is 9.67. The van der Waals surface area contributed by atoms with Crippen molar-refractivity contribution >= 4 is 30.9 Å². The molecule has 0 amide bonds. The first kappa shape index (κ1) is 24.6. The van der Waals surface area contributed by atoms with Crippen LogP contribution in [0.15, 0.2) is 107 Å². The minimum Gasteiger partial charge on any atom is -0.233 e. The molecule has 0 spiro atoms. The van der Waals surface area contributed by atoms with Gasteiger partial charge in [-0.2, -0.15) is 4.31 Å². The number of hydrogen-bond acceptors (Lipinski definition) is 4. The highest BCUT2D eigenvalue weighted by Gasteiger charge is 2.36. The smallest absolute Gasteiger partial charge is 0.233 e. The summed E-state index contributed by atoms with van der Waals surface area (Å²) in [6, 6.07) is 28.3. The summed E-state index contributed by atoms with van der Waals surface area (Å²) in [5.41, 5.74) is 5.12. The molecule has 0 fully saturated rings. The van der Waals surface area contributed by atoms with E-state index < -0.39 is 20.0 Å². The minimum atomic E-state index is -4.00. The number of rotatable bonds is 5. The van der Waals surface area contributed by atoms with Crippen LogP contribution < -0.4 is 0 Å². The first-order chi connectivity index (χ1) is 18.2. The van der Waals surface area contributed by atoms with E-state index in [0.717, 1.165) is 22.1 Å². The third kappa shape index (κ3) is 3.88. The van der Waals surface area contributed by atoms with Crippen molar-refractivity contribution in [1.29, 1.82) is 0 Å². The van der Waals surface area contributed by atoms with E-state index in [0.29, 0.717) is 22.3 Å². The van der Waals surface area contributed by atoms with Crippen LogP contribution in [-0.4, -0.2) is 25.1 Å². The molecule has 1 aliphatic rings. The van der Waals surface area contributed by atoms with Gasteiger partial charge in [-0.15, -0.1) is 0 Å². The van der Waals surface area contributed by atoms with E-state index in [4.69, 9.17) is 0 Å². The molecule has 38 heavy (non-hydrogen) atoms. The topological polar surface area (TPSA) is 76.5 Å². The van der Waals surface area contributed by atoms with Gasteiger partial charge in [-0.1, -0.05) is 77.9 Å². The van der Waals surface area contributed by atoms with Gasteiger partial charge in [0.15, 0.2) is 0 Å². The van der Waals surface area contributed by atoms with Crippen LogP contribution in [0.4, 0.5) is 0 Å². The van der Waals surface area contributed by atoms with E-state index >= 15 is 0 Å². The lowest BCUT2D eigenvalue weighted by Crippen LogP contribution is -2.32. The molecule has 0 bridgehead atoms. The highest BCUT2D eigenvalue weighted by atomic mass is 32.2. The highest BCUT2D eigenvalue weighted by Crippen LogP contribution is 2.42. The summed E-state index contributed by atoms with van der Waals surface area (Å²) < 4.78 is 58.6. The molecule has 0 N–H and O–H groups in total. The Labute approximate surface area is 222 Å². The summed E-state index contributed by atoms with van der Waals surface area (Å²) in [4.78, 5) is 0.393. The highest BCUT2D eigenvalue weighted by molar-refractivity contribution is 7.90. The maximum atomic E-state index is 14.2. The van der Waals surface area contributed by atoms with Gasteiger partial charge < -0.3 is 0 Å². The van der Waals surface area contributed by atoms with Crippen LogP contribution in [0.25, 0.3) is 22.2 Å². The van der Waals surface area contributed by atoms with Gasteiger partial charge in [0, 0.05) is 24.0 Å². The lowest BCUT2D eigenvalue weighted by Gasteiger charge is -2.27. The van der Waals surface area contributed by atoms with Crippen LogP contribution >= 0.6 is 0 Å². The predicted octanol–water partition coefficient (Wildman–Crippen LogP) is 5.87. The summed E-state index contributed by atoms with van der Waals surface area (Å²) in [6.45, 7) is 4.04. The zero-order valence-corrected chi connectivity index (χ0v) is 22.6. The van der Waals surface area contributed by atoms with Crippen LogP contribution in [0, 0.1) is 13.8 Å². The first-order valence-electron chi connectivity index (χ1n) is 12.3. The zero-order chi connectivity index (χ0) is 26.7. The van der Waals surface area contributed by atoms with Gasteiger partial charge >= 0.3 is 0 Å². The Kier molecular flexibility index (Phi) is 5.79. The maximum Gasteiger partial charge on any atom is 0.268 e. The van der Waals surface area contributed by atoms with Crippen LogP contribution in [0.2, 0.25) is 0 Å². The molecule has 6 nitrogen and oxygen atoms in total. The molecule has 8 heteroatoms. The molecular weight excluding hydrogens is 516 g/mol. The molecule has 192 valence electrons. The molecular formula is C30H26N2O4S2. The zero-order valence-electron chi connectivity index (χ0n) is 21.0. The van der Waals surface area contributed by atoms with E-state index in [-0.39, 0.29) is 22.9 Å². The lowest BCUT2D eigenvalue weighted by atomic mass is 9.99. The average Bonchev–Trinajstić information content (AvgIpc) is 3.26. The van der Waals surface area contributed by atoms with Gasteiger partial charge in [0.2, 0.25) is 10.0 Å². The Morgan fingerprint density at radius 2 is 1.18 bits per heavy atom. The fourth-order valence-corrected chi connectivity index (χ4v) is 8.10. The molecule has 6 rings (SSSR count). The predicted molar refractivity (Wildman–Crippen MR) is 149 cm³/mol. The number of aromatic nitrogens is 1. The Bertz CT molecular complexity index is 1890. The lowest BCUT2D eigenvalue weighted by molar-refractivity contribution is 0.397. The molecule has 0 saturated carbocycles. The maximum absolute atomic E-state index is 14.2. The van der Waals surface area contributed by atoms with Crippen molar-refractivity contribution in [2.45, 2.75) is 36.7 Å². The normalized spacial score (nSPS) is 14.2. The largest absolute Gasteiger partial charge is 0.268 e. The van der Waals surface area contributed by atoms with Gasteiger partial charge in [0.05, 0.1) is 21.0 Å². The van der Waals surface area contributed by atoms with E-state index in [1.54, 1.807) is 60.7 Å². The van der Waals surface area contributed by atoms with Crippen molar-refractivity contribution < 1.29 is 16.8 Å². The van der Waals surface area contributed by atoms with Crippen LogP contribution in [0.1, 0.15) is 22.3 Å². The summed E-state index contributed by atoms with van der Waals surface area (Å²) >= 11 is 0. The quantitative estimate of drug-likeness (QED) is 0.279. The van der Waals surface area contributed by atoms with Crippen molar-refractivity contribution in [3.05, 3.63) is 119 Å². The van der Waals surface area contributed by atoms with Crippen LogP contribution in [0.5, 0.6) is 0 Å². The van der Waals surface area contributed by atoms with Crippen LogP contribution in [0.3, 0.4) is 0 Å². The third-order valence-electron chi connectivity index (χ3n) is 7.08. The molecule has 0 atom stereocenters. The Balaban J connectivity index is 1.62. The molecule has 0 unspecified atom stereocenters. The average molecular weight is 543 g/mol. The number of aryl methyl sites for hydroxylation is 2. The van der Waals surface area contributed by atoms with Gasteiger partial charge in [0.25, 0.3) is 10.0 Å². The number of sulfonamides is 1. The SMILES string of the molecule is Cc1ccc(S(=O)(=O)N2Cc3cccc4c3c(c(-c3ccccc3)n4S(=O)(=O)c3ccc(C)cc3)C2)cc1. The second kappa shape index (κ2) is 8.94. The van der Waals surface area contributed by atoms with E-state index in [9.17, 15) is 16.8 Å². The Morgan fingerprint density at radius 1 is 0.605 bits per heavy atom. The van der Waals surface area contributed by atoms with Crippen molar-refractivity contribution in [3.8, 4) is 11.3 Å². The minimum absolute atomic E-state index is 0.0599. The Morgan fingerprint density at radius 3 is 1.79 bits per heavy atom. The molecule has 0 aliphatic carbocycles. The third-order valence-corrected chi connectivity index (χ3v) is 10.6. The second-order valence-corrected chi connectivity index (χ2v) is 13.4. The molecule has 1 aliphatic heterocycles. The molecule has 1 aromatic heterocycles. The first-order valence-corrected chi connectivity index (χ1v) is 15.2. The number of hydrogen-bond donors (Lipinski definition) is 0. The van der Waals surface area contributed by atoms with Gasteiger partial charge in [-0.05, 0) is 55.3 Å². The summed E-state index contributed by atoms with van der Waals surface area (Å²) in [5.74, 6) is 0. The van der Waals surface area contributed by atoms with Crippen LogP contribution in [-0.2, 0) is 33.1 Å². The van der Waals surface area contributed by atoms with Crippen molar-refractivity contribution in [2.24, 2.45) is 0 Å². The molecule has 5 aromatic rings.